The van der Waals surface area contributed by atoms with Crippen LogP contribution in [-0.4, -0.2) is 24.6 Å². The second-order valence-corrected chi connectivity index (χ2v) is 5.24. The number of ether oxygens (including phenoxy) is 1. The number of amides is 1. The molecule has 2 atom stereocenters. The van der Waals surface area contributed by atoms with E-state index < -0.39 is 6.10 Å². The van der Waals surface area contributed by atoms with Crippen molar-refractivity contribution in [3.63, 3.8) is 0 Å². The van der Waals surface area contributed by atoms with Gasteiger partial charge >= 0.3 is 0 Å². The van der Waals surface area contributed by atoms with Gasteiger partial charge in [-0.05, 0) is 38.5 Å². The first-order valence-electron chi connectivity index (χ1n) is 6.05. The molecule has 0 aromatic heterocycles. The third kappa shape index (κ3) is 5.68. The maximum absolute atomic E-state index is 11.8. The van der Waals surface area contributed by atoms with Crippen molar-refractivity contribution in [2.24, 2.45) is 5.73 Å². The zero-order valence-corrected chi connectivity index (χ0v) is 12.5. The van der Waals surface area contributed by atoms with E-state index in [-0.39, 0.29) is 11.9 Å². The van der Waals surface area contributed by atoms with E-state index in [0.29, 0.717) is 22.3 Å². The Morgan fingerprint density at radius 3 is 2.68 bits per heavy atom. The summed E-state index contributed by atoms with van der Waals surface area (Å²) >= 11 is 11.7. The molecule has 4 nitrogen and oxygen atoms in total. The number of carbonyl (C=O) groups is 1. The smallest absolute Gasteiger partial charge is 0.260 e. The van der Waals surface area contributed by atoms with Crippen molar-refractivity contribution in [2.75, 3.05) is 6.54 Å². The monoisotopic (exact) mass is 304 g/mol. The summed E-state index contributed by atoms with van der Waals surface area (Å²) in [6, 6.07) is 4.92. The molecule has 0 fully saturated rings. The van der Waals surface area contributed by atoms with Crippen molar-refractivity contribution in [1.29, 1.82) is 0 Å². The number of halogens is 2. The van der Waals surface area contributed by atoms with E-state index in [1.807, 2.05) is 6.92 Å². The Balaban J connectivity index is 2.49. The molecule has 1 rings (SSSR count). The van der Waals surface area contributed by atoms with E-state index in [9.17, 15) is 4.79 Å². The number of rotatable bonds is 6. The normalized spacial score (nSPS) is 13.7. The molecule has 19 heavy (non-hydrogen) atoms. The molecular weight excluding hydrogens is 287 g/mol. The summed E-state index contributed by atoms with van der Waals surface area (Å²) in [6.07, 6.45) is 0.0897. The molecule has 0 spiro atoms. The zero-order chi connectivity index (χ0) is 14.4. The summed E-state index contributed by atoms with van der Waals surface area (Å²) < 4.78 is 5.49. The lowest BCUT2D eigenvalue weighted by molar-refractivity contribution is -0.127. The van der Waals surface area contributed by atoms with Crippen LogP contribution in [0.2, 0.25) is 10.0 Å². The van der Waals surface area contributed by atoms with E-state index in [1.54, 1.807) is 25.1 Å². The molecule has 2 unspecified atom stereocenters. The molecule has 0 aliphatic rings. The largest absolute Gasteiger partial charge is 0.479 e. The van der Waals surface area contributed by atoms with Crippen molar-refractivity contribution in [3.8, 4) is 5.75 Å². The van der Waals surface area contributed by atoms with Crippen molar-refractivity contribution in [3.05, 3.63) is 28.2 Å². The highest BCUT2D eigenvalue weighted by atomic mass is 35.5. The van der Waals surface area contributed by atoms with E-state index in [2.05, 4.69) is 5.32 Å². The van der Waals surface area contributed by atoms with Gasteiger partial charge in [0, 0.05) is 17.6 Å². The molecule has 1 aromatic rings. The molecule has 0 saturated heterocycles. The Morgan fingerprint density at radius 2 is 2.11 bits per heavy atom. The predicted molar refractivity (Wildman–Crippen MR) is 77.8 cm³/mol. The number of nitrogens with two attached hydrogens (primary N) is 1. The first-order valence-corrected chi connectivity index (χ1v) is 6.80. The molecular formula is C13H18Cl2N2O2. The van der Waals surface area contributed by atoms with E-state index in [4.69, 9.17) is 33.7 Å². The maximum Gasteiger partial charge on any atom is 0.260 e. The number of hydrogen-bond donors (Lipinski definition) is 2. The summed E-state index contributed by atoms with van der Waals surface area (Å²) in [7, 11) is 0. The third-order valence-electron chi connectivity index (χ3n) is 2.47. The highest BCUT2D eigenvalue weighted by Crippen LogP contribution is 2.28. The van der Waals surface area contributed by atoms with Crippen molar-refractivity contribution in [2.45, 2.75) is 32.4 Å². The molecule has 0 aliphatic heterocycles. The predicted octanol–water partition coefficient (Wildman–Crippen LogP) is 2.61. The van der Waals surface area contributed by atoms with Gasteiger partial charge in [0.15, 0.2) is 6.10 Å². The summed E-state index contributed by atoms with van der Waals surface area (Å²) in [4.78, 5) is 11.8. The van der Waals surface area contributed by atoms with Crippen LogP contribution in [0.5, 0.6) is 5.75 Å². The zero-order valence-electron chi connectivity index (χ0n) is 11.0. The van der Waals surface area contributed by atoms with Gasteiger partial charge in [0.25, 0.3) is 5.91 Å². The highest BCUT2D eigenvalue weighted by molar-refractivity contribution is 6.35. The highest BCUT2D eigenvalue weighted by Gasteiger charge is 2.15. The molecule has 1 amide bonds. The van der Waals surface area contributed by atoms with Crippen LogP contribution in [0, 0.1) is 0 Å². The lowest BCUT2D eigenvalue weighted by Gasteiger charge is -2.16. The van der Waals surface area contributed by atoms with Crippen LogP contribution in [0.4, 0.5) is 0 Å². The Bertz CT molecular complexity index is 439. The van der Waals surface area contributed by atoms with Crippen LogP contribution >= 0.6 is 23.2 Å². The van der Waals surface area contributed by atoms with Gasteiger partial charge in [0.1, 0.15) is 5.75 Å². The Kier molecular flexibility index (Phi) is 6.42. The summed E-state index contributed by atoms with van der Waals surface area (Å²) in [5.41, 5.74) is 5.60. The van der Waals surface area contributed by atoms with Crippen LogP contribution in [0.1, 0.15) is 20.3 Å². The molecule has 106 valence electrons. The topological polar surface area (TPSA) is 64.3 Å². The summed E-state index contributed by atoms with van der Waals surface area (Å²) in [6.45, 7) is 4.07. The van der Waals surface area contributed by atoms with Crippen LogP contribution < -0.4 is 15.8 Å². The number of carbonyl (C=O) groups excluding carboxylic acids is 1. The molecule has 0 saturated carbocycles. The fourth-order valence-corrected chi connectivity index (χ4v) is 1.83. The third-order valence-corrected chi connectivity index (χ3v) is 3.00. The molecule has 1 aromatic carbocycles. The maximum atomic E-state index is 11.8. The average molecular weight is 305 g/mol. The van der Waals surface area contributed by atoms with Gasteiger partial charge < -0.3 is 15.8 Å². The minimum atomic E-state index is -0.633. The molecule has 6 heteroatoms. The molecule has 0 heterocycles. The number of benzene rings is 1. The Morgan fingerprint density at radius 1 is 1.42 bits per heavy atom. The average Bonchev–Trinajstić information content (AvgIpc) is 2.32. The second kappa shape index (κ2) is 7.58. The van der Waals surface area contributed by atoms with Crippen LogP contribution in [0.15, 0.2) is 18.2 Å². The van der Waals surface area contributed by atoms with Crippen LogP contribution in [0.3, 0.4) is 0 Å². The van der Waals surface area contributed by atoms with Crippen molar-refractivity contribution >= 4 is 29.1 Å². The molecule has 0 aliphatic carbocycles. The quantitative estimate of drug-likeness (QED) is 0.849. The number of hydrogen-bond acceptors (Lipinski definition) is 3. The van der Waals surface area contributed by atoms with Crippen LogP contribution in [-0.2, 0) is 4.79 Å². The molecule has 3 N–H and O–H groups in total. The standard InChI is InChI=1S/C13H18Cl2N2O2/c1-8(16)5-6-17-13(18)9(2)19-12-4-3-10(14)7-11(12)15/h3-4,7-9H,5-6,16H2,1-2H3,(H,17,18). The second-order valence-electron chi connectivity index (χ2n) is 4.39. The number of nitrogens with one attached hydrogen (secondary N) is 1. The molecule has 0 bridgehead atoms. The fraction of sp³-hybridized carbons (Fsp3) is 0.462. The van der Waals surface area contributed by atoms with Gasteiger partial charge in [-0.2, -0.15) is 0 Å². The lowest BCUT2D eigenvalue weighted by atomic mass is 10.2. The minimum Gasteiger partial charge on any atom is -0.479 e. The van der Waals surface area contributed by atoms with Crippen molar-refractivity contribution < 1.29 is 9.53 Å². The van der Waals surface area contributed by atoms with Gasteiger partial charge in [-0.1, -0.05) is 23.2 Å². The van der Waals surface area contributed by atoms with Crippen molar-refractivity contribution in [1.82, 2.24) is 5.32 Å². The SMILES string of the molecule is CC(N)CCNC(=O)C(C)Oc1ccc(Cl)cc1Cl. The lowest BCUT2D eigenvalue weighted by Crippen LogP contribution is -2.38. The Labute approximate surface area is 123 Å². The first-order chi connectivity index (χ1) is 8.90. The van der Waals surface area contributed by atoms with Gasteiger partial charge in [0.2, 0.25) is 0 Å². The van der Waals surface area contributed by atoms with Gasteiger partial charge in [-0.25, -0.2) is 0 Å². The Hall–Kier alpha value is -0.970. The van der Waals surface area contributed by atoms with E-state index in [1.165, 1.54) is 0 Å². The van der Waals surface area contributed by atoms with E-state index in [0.717, 1.165) is 6.42 Å². The fourth-order valence-electron chi connectivity index (χ4n) is 1.38. The first kappa shape index (κ1) is 16.1. The van der Waals surface area contributed by atoms with Gasteiger partial charge in [-0.3, -0.25) is 4.79 Å². The van der Waals surface area contributed by atoms with E-state index >= 15 is 0 Å². The summed E-state index contributed by atoms with van der Waals surface area (Å²) in [5, 5.41) is 3.65. The summed E-state index contributed by atoms with van der Waals surface area (Å²) in [5.74, 6) is 0.229. The minimum absolute atomic E-state index is 0.0576. The molecule has 0 radical (unpaired) electrons. The van der Waals surface area contributed by atoms with Crippen LogP contribution in [0.25, 0.3) is 0 Å². The van der Waals surface area contributed by atoms with Gasteiger partial charge in [-0.15, -0.1) is 0 Å². The van der Waals surface area contributed by atoms with Gasteiger partial charge in [0.05, 0.1) is 5.02 Å².